The van der Waals surface area contributed by atoms with Gasteiger partial charge in [-0.15, -0.1) is 0 Å². The number of methoxy groups -OCH3 is 1. The van der Waals surface area contributed by atoms with Crippen molar-refractivity contribution in [1.29, 1.82) is 0 Å². The number of rotatable bonds is 5. The van der Waals surface area contributed by atoms with Crippen molar-refractivity contribution in [2.24, 2.45) is 0 Å². The molecule has 5 aromatic rings. The Morgan fingerprint density at radius 1 is 0.724 bits per heavy atom. The van der Waals surface area contributed by atoms with Gasteiger partial charge in [0.2, 0.25) is 0 Å². The third-order valence-electron chi connectivity index (χ3n) is 5.51. The lowest BCUT2D eigenvalue weighted by Gasteiger charge is -2.12. The standard InChI is InChI=1S/C26H22N2O/c1-29-19-13-10-18(11-14-19)12-15-20(23-16-27-25-8-4-2-6-21(23)25)24-17-28-26-9-5-3-7-22(24)26/h2-17,20,27-28H,1H3/b15-12+. The van der Waals surface area contributed by atoms with Crippen LogP contribution < -0.4 is 4.74 Å². The molecule has 29 heavy (non-hydrogen) atoms. The van der Waals surface area contributed by atoms with Gasteiger partial charge in [0.25, 0.3) is 0 Å². The number of hydrogen-bond donors (Lipinski definition) is 2. The molecule has 3 aromatic carbocycles. The molecule has 2 aromatic heterocycles. The third kappa shape index (κ3) is 3.21. The van der Waals surface area contributed by atoms with Gasteiger partial charge in [-0.1, -0.05) is 60.7 Å². The van der Waals surface area contributed by atoms with Crippen LogP contribution in [-0.2, 0) is 0 Å². The molecule has 2 N–H and O–H groups in total. The first-order valence-electron chi connectivity index (χ1n) is 9.78. The molecular formula is C26H22N2O. The Morgan fingerprint density at radius 2 is 1.28 bits per heavy atom. The summed E-state index contributed by atoms with van der Waals surface area (Å²) in [5.74, 6) is 0.997. The maximum atomic E-state index is 5.28. The Bertz CT molecular complexity index is 1220. The van der Waals surface area contributed by atoms with Gasteiger partial charge in [-0.05, 0) is 41.0 Å². The van der Waals surface area contributed by atoms with Crippen LogP contribution in [0.15, 0.2) is 91.3 Å². The van der Waals surface area contributed by atoms with E-state index in [0.717, 1.165) is 22.3 Å². The minimum atomic E-state index is 0.129. The maximum absolute atomic E-state index is 5.28. The Hall–Kier alpha value is -3.72. The van der Waals surface area contributed by atoms with Crippen molar-refractivity contribution in [3.63, 3.8) is 0 Å². The third-order valence-corrected chi connectivity index (χ3v) is 5.51. The van der Waals surface area contributed by atoms with Gasteiger partial charge in [-0.25, -0.2) is 0 Å². The zero-order valence-electron chi connectivity index (χ0n) is 16.2. The molecular weight excluding hydrogens is 356 g/mol. The molecule has 2 heterocycles. The van der Waals surface area contributed by atoms with Crippen molar-refractivity contribution in [2.75, 3.05) is 7.11 Å². The van der Waals surface area contributed by atoms with E-state index in [1.807, 2.05) is 12.1 Å². The van der Waals surface area contributed by atoms with E-state index in [9.17, 15) is 0 Å². The molecule has 0 saturated carbocycles. The van der Waals surface area contributed by atoms with E-state index in [0.29, 0.717) is 0 Å². The SMILES string of the molecule is COc1ccc(/C=C/C(c2c[nH]c3ccccc23)c2c[nH]c3ccccc23)cc1. The summed E-state index contributed by atoms with van der Waals surface area (Å²) in [6.45, 7) is 0. The van der Waals surface area contributed by atoms with Crippen LogP contribution in [0.3, 0.4) is 0 Å². The van der Waals surface area contributed by atoms with E-state index < -0.39 is 0 Å². The maximum Gasteiger partial charge on any atom is 0.118 e. The fourth-order valence-electron chi connectivity index (χ4n) is 4.00. The minimum absolute atomic E-state index is 0.129. The van der Waals surface area contributed by atoms with Gasteiger partial charge in [-0.2, -0.15) is 0 Å². The predicted molar refractivity (Wildman–Crippen MR) is 120 cm³/mol. The smallest absolute Gasteiger partial charge is 0.118 e. The highest BCUT2D eigenvalue weighted by Gasteiger charge is 2.18. The van der Waals surface area contributed by atoms with Gasteiger partial charge in [0.05, 0.1) is 7.11 Å². The average molecular weight is 378 g/mol. The highest BCUT2D eigenvalue weighted by molar-refractivity contribution is 5.88. The van der Waals surface area contributed by atoms with Crippen LogP contribution in [0.2, 0.25) is 0 Å². The number of fused-ring (bicyclic) bond motifs is 2. The molecule has 142 valence electrons. The highest BCUT2D eigenvalue weighted by atomic mass is 16.5. The molecule has 3 heteroatoms. The second kappa shape index (κ2) is 7.36. The molecule has 0 fully saturated rings. The number of benzene rings is 3. The molecule has 0 atom stereocenters. The Balaban J connectivity index is 1.63. The van der Waals surface area contributed by atoms with E-state index in [4.69, 9.17) is 4.74 Å². The van der Waals surface area contributed by atoms with E-state index >= 15 is 0 Å². The Kier molecular flexibility index (Phi) is 4.41. The lowest BCUT2D eigenvalue weighted by Crippen LogP contribution is -1.96. The van der Waals surface area contributed by atoms with Gasteiger partial charge in [0, 0.05) is 40.1 Å². The number of ether oxygens (including phenoxy) is 1. The summed E-state index contributed by atoms with van der Waals surface area (Å²) in [6, 6.07) is 25.1. The molecule has 0 bridgehead atoms. The molecule has 5 rings (SSSR count). The summed E-state index contributed by atoms with van der Waals surface area (Å²) >= 11 is 0. The highest BCUT2D eigenvalue weighted by Crippen LogP contribution is 2.36. The fraction of sp³-hybridized carbons (Fsp3) is 0.0769. The number of aromatic nitrogens is 2. The molecule has 0 unspecified atom stereocenters. The lowest BCUT2D eigenvalue weighted by atomic mass is 9.90. The molecule has 0 spiro atoms. The van der Waals surface area contributed by atoms with Crippen molar-refractivity contribution in [3.05, 3.63) is 108 Å². The van der Waals surface area contributed by atoms with Crippen LogP contribution in [-0.4, -0.2) is 17.1 Å². The van der Waals surface area contributed by atoms with Crippen LogP contribution in [0, 0.1) is 0 Å². The first-order valence-corrected chi connectivity index (χ1v) is 9.78. The van der Waals surface area contributed by atoms with Gasteiger partial charge < -0.3 is 14.7 Å². The van der Waals surface area contributed by atoms with Crippen LogP contribution >= 0.6 is 0 Å². The van der Waals surface area contributed by atoms with Crippen molar-refractivity contribution < 1.29 is 4.74 Å². The van der Waals surface area contributed by atoms with Crippen molar-refractivity contribution in [3.8, 4) is 5.75 Å². The van der Waals surface area contributed by atoms with Crippen LogP contribution in [0.4, 0.5) is 0 Å². The summed E-state index contributed by atoms with van der Waals surface area (Å²) in [5, 5.41) is 2.50. The van der Waals surface area contributed by atoms with Gasteiger partial charge in [0.1, 0.15) is 5.75 Å². The van der Waals surface area contributed by atoms with Gasteiger partial charge >= 0.3 is 0 Å². The largest absolute Gasteiger partial charge is 0.497 e. The van der Waals surface area contributed by atoms with E-state index in [2.05, 4.69) is 95.2 Å². The number of H-pyrrole nitrogens is 2. The molecule has 0 aliphatic rings. The topological polar surface area (TPSA) is 40.8 Å². The predicted octanol–water partition coefficient (Wildman–Crippen LogP) is 6.50. The summed E-state index contributed by atoms with van der Waals surface area (Å²) in [4.78, 5) is 6.86. The molecule has 0 saturated heterocycles. The number of hydrogen-bond acceptors (Lipinski definition) is 1. The van der Waals surface area contributed by atoms with Crippen LogP contribution in [0.5, 0.6) is 5.75 Å². The van der Waals surface area contributed by atoms with E-state index in [1.54, 1.807) is 7.11 Å². The number of nitrogens with one attached hydrogen (secondary N) is 2. The van der Waals surface area contributed by atoms with Gasteiger partial charge in [-0.3, -0.25) is 0 Å². The molecule has 0 radical (unpaired) electrons. The Labute approximate surface area is 169 Å². The zero-order valence-corrected chi connectivity index (χ0v) is 16.2. The minimum Gasteiger partial charge on any atom is -0.497 e. The second-order valence-electron chi connectivity index (χ2n) is 7.19. The lowest BCUT2D eigenvalue weighted by molar-refractivity contribution is 0.415. The molecule has 3 nitrogen and oxygen atoms in total. The van der Waals surface area contributed by atoms with Crippen molar-refractivity contribution >= 4 is 27.9 Å². The molecule has 0 aliphatic carbocycles. The van der Waals surface area contributed by atoms with E-state index in [-0.39, 0.29) is 5.92 Å². The van der Waals surface area contributed by atoms with Crippen LogP contribution in [0.1, 0.15) is 22.6 Å². The average Bonchev–Trinajstić information content (AvgIpc) is 3.40. The van der Waals surface area contributed by atoms with Crippen molar-refractivity contribution in [2.45, 2.75) is 5.92 Å². The number of allylic oxidation sites excluding steroid dienone is 1. The number of aromatic amines is 2. The van der Waals surface area contributed by atoms with Gasteiger partial charge in [0.15, 0.2) is 0 Å². The number of para-hydroxylation sites is 2. The van der Waals surface area contributed by atoms with E-state index in [1.165, 1.54) is 21.9 Å². The first-order chi connectivity index (χ1) is 14.3. The normalized spacial score (nSPS) is 11.8. The molecule has 0 aliphatic heterocycles. The summed E-state index contributed by atoms with van der Waals surface area (Å²) in [7, 11) is 1.69. The quantitative estimate of drug-likeness (QED) is 0.360. The fourth-order valence-corrected chi connectivity index (χ4v) is 4.00. The summed E-state index contributed by atoms with van der Waals surface area (Å²) < 4.78 is 5.28. The monoisotopic (exact) mass is 378 g/mol. The summed E-state index contributed by atoms with van der Waals surface area (Å²) in [6.07, 6.45) is 8.74. The second-order valence-corrected chi connectivity index (χ2v) is 7.19. The van der Waals surface area contributed by atoms with Crippen LogP contribution in [0.25, 0.3) is 27.9 Å². The van der Waals surface area contributed by atoms with Crippen molar-refractivity contribution in [1.82, 2.24) is 9.97 Å². The molecule has 0 amide bonds. The first kappa shape index (κ1) is 17.4. The summed E-state index contributed by atoms with van der Waals surface area (Å²) in [5.41, 5.74) is 6.01. The zero-order chi connectivity index (χ0) is 19.6. The Morgan fingerprint density at radius 3 is 1.83 bits per heavy atom.